The van der Waals surface area contributed by atoms with Gasteiger partial charge in [-0.3, -0.25) is 4.79 Å². The van der Waals surface area contributed by atoms with Crippen LogP contribution in [-0.4, -0.2) is 115 Å². The third-order valence-electron chi connectivity index (χ3n) is 4.27. The van der Waals surface area contributed by atoms with E-state index >= 15 is 0 Å². The predicted molar refractivity (Wildman–Crippen MR) is 86.0 cm³/mol. The SMILES string of the molecule is CC(=O)OC(Br)[C@H]1O[C@@H](O[C@H]2[C@H](O)[C@@H](O)[C@H](O)O[C@@H]2CO)[C@H](O)[C@@H](O)[C@@H]1O. The molecular formula is C14H23BrO12. The van der Waals surface area contributed by atoms with Crippen LogP contribution in [-0.2, 0) is 23.7 Å². The normalized spacial score (nSPS) is 46.7. The Bertz CT molecular complexity index is 506. The lowest BCUT2D eigenvalue weighted by Gasteiger charge is -2.45. The van der Waals surface area contributed by atoms with Gasteiger partial charge in [-0.05, 0) is 15.9 Å². The number of rotatable bonds is 5. The molecule has 2 rings (SSSR count). The summed E-state index contributed by atoms with van der Waals surface area (Å²) in [6.07, 6.45) is -16.2. The first-order valence-corrected chi connectivity index (χ1v) is 8.97. The highest BCUT2D eigenvalue weighted by atomic mass is 79.9. The molecule has 2 saturated heterocycles. The van der Waals surface area contributed by atoms with Gasteiger partial charge in [0.05, 0.1) is 6.61 Å². The van der Waals surface area contributed by atoms with E-state index in [1.807, 2.05) is 0 Å². The quantitative estimate of drug-likeness (QED) is 0.154. The number of aliphatic hydroxyl groups excluding tert-OH is 7. The first-order chi connectivity index (χ1) is 12.6. The van der Waals surface area contributed by atoms with Crippen molar-refractivity contribution in [3.8, 4) is 0 Å². The minimum atomic E-state index is -1.79. The number of hydrogen-bond donors (Lipinski definition) is 7. The summed E-state index contributed by atoms with van der Waals surface area (Å²) in [6, 6.07) is 0. The van der Waals surface area contributed by atoms with E-state index in [9.17, 15) is 40.5 Å². The molecular weight excluding hydrogens is 440 g/mol. The summed E-state index contributed by atoms with van der Waals surface area (Å²) in [6.45, 7) is 0.397. The molecule has 0 saturated carbocycles. The zero-order chi connectivity index (χ0) is 20.5. The van der Waals surface area contributed by atoms with Crippen LogP contribution in [0, 0.1) is 0 Å². The summed E-state index contributed by atoms with van der Waals surface area (Å²) in [5.74, 6) is -0.709. The van der Waals surface area contributed by atoms with Gasteiger partial charge in [0, 0.05) is 6.92 Å². The minimum absolute atomic E-state index is 0.709. The maximum absolute atomic E-state index is 11.1. The summed E-state index contributed by atoms with van der Waals surface area (Å²) in [4.78, 5) is 11.1. The van der Waals surface area contributed by atoms with Crippen molar-refractivity contribution in [2.45, 2.75) is 73.3 Å². The van der Waals surface area contributed by atoms with Gasteiger partial charge in [0.25, 0.3) is 0 Å². The molecule has 2 aliphatic heterocycles. The van der Waals surface area contributed by atoms with Crippen LogP contribution >= 0.6 is 15.9 Å². The van der Waals surface area contributed by atoms with Gasteiger partial charge in [0.2, 0.25) is 0 Å². The highest BCUT2D eigenvalue weighted by molar-refractivity contribution is 9.09. The van der Waals surface area contributed by atoms with Crippen LogP contribution in [0.4, 0.5) is 0 Å². The summed E-state index contributed by atoms with van der Waals surface area (Å²) in [5.41, 5.74) is 0. The van der Waals surface area contributed by atoms with Gasteiger partial charge in [-0.1, -0.05) is 0 Å². The largest absolute Gasteiger partial charge is 0.448 e. The van der Waals surface area contributed by atoms with Gasteiger partial charge < -0.3 is 54.7 Å². The van der Waals surface area contributed by atoms with E-state index in [1.54, 1.807) is 0 Å². The Labute approximate surface area is 162 Å². The molecule has 11 atom stereocenters. The Morgan fingerprint density at radius 1 is 1.00 bits per heavy atom. The second-order valence-electron chi connectivity index (χ2n) is 6.23. The molecule has 2 heterocycles. The highest BCUT2D eigenvalue weighted by Crippen LogP contribution is 2.31. The first-order valence-electron chi connectivity index (χ1n) is 8.05. The summed E-state index contributed by atoms with van der Waals surface area (Å²) >= 11 is 2.97. The van der Waals surface area contributed by atoms with E-state index in [-0.39, 0.29) is 0 Å². The van der Waals surface area contributed by atoms with Crippen molar-refractivity contribution >= 4 is 21.9 Å². The van der Waals surface area contributed by atoms with Gasteiger partial charge in [-0.25, -0.2) is 0 Å². The molecule has 0 radical (unpaired) electrons. The van der Waals surface area contributed by atoms with Crippen molar-refractivity contribution in [3.05, 3.63) is 0 Å². The molecule has 12 nitrogen and oxygen atoms in total. The fourth-order valence-corrected chi connectivity index (χ4v) is 3.52. The van der Waals surface area contributed by atoms with Crippen LogP contribution in [0.3, 0.4) is 0 Å². The second-order valence-corrected chi connectivity index (χ2v) is 7.13. The molecule has 7 N–H and O–H groups in total. The summed E-state index contributed by atoms with van der Waals surface area (Å²) < 4.78 is 20.5. The molecule has 2 fully saturated rings. The monoisotopic (exact) mass is 462 g/mol. The molecule has 158 valence electrons. The lowest BCUT2D eigenvalue weighted by molar-refractivity contribution is -0.356. The number of aliphatic hydroxyl groups is 7. The number of halogens is 1. The third-order valence-corrected chi connectivity index (χ3v) is 4.98. The van der Waals surface area contributed by atoms with Crippen LogP contribution in [0.25, 0.3) is 0 Å². The van der Waals surface area contributed by atoms with E-state index in [1.165, 1.54) is 0 Å². The minimum Gasteiger partial charge on any atom is -0.448 e. The Hall–Kier alpha value is -0.450. The number of carbonyl (C=O) groups is 1. The molecule has 1 unspecified atom stereocenters. The van der Waals surface area contributed by atoms with Crippen molar-refractivity contribution in [1.82, 2.24) is 0 Å². The Morgan fingerprint density at radius 2 is 1.63 bits per heavy atom. The lowest BCUT2D eigenvalue weighted by Crippen LogP contribution is -2.65. The van der Waals surface area contributed by atoms with E-state index in [0.717, 1.165) is 6.92 Å². The fraction of sp³-hybridized carbons (Fsp3) is 0.929. The predicted octanol–water partition coefficient (Wildman–Crippen LogP) is -4.11. The Morgan fingerprint density at radius 3 is 2.19 bits per heavy atom. The number of alkyl halides is 1. The molecule has 0 aromatic heterocycles. The Balaban J connectivity index is 2.16. The van der Waals surface area contributed by atoms with Gasteiger partial charge in [0.15, 0.2) is 17.6 Å². The average Bonchev–Trinajstić information content (AvgIpc) is 2.61. The maximum atomic E-state index is 11.1. The average molecular weight is 463 g/mol. The Kier molecular flexibility index (Phi) is 7.92. The van der Waals surface area contributed by atoms with E-state index < -0.39 is 79.0 Å². The van der Waals surface area contributed by atoms with Crippen molar-refractivity contribution < 1.29 is 59.5 Å². The fourth-order valence-electron chi connectivity index (χ4n) is 2.82. The smallest absolute Gasteiger partial charge is 0.303 e. The zero-order valence-electron chi connectivity index (χ0n) is 14.1. The molecule has 0 spiro atoms. The standard InChI is InChI=1S/C14H23BrO12/c1-3(17)24-12(15)11-6(19)5(18)9(22)14(27-11)26-10-4(2-16)25-13(23)8(21)7(10)20/h4-14,16,18-23H,2H2,1H3/t4-,5+,6+,7-,8-,9-,10-,11+,12?,13-,14-/m1/s1. The molecule has 0 aliphatic carbocycles. The van der Waals surface area contributed by atoms with Gasteiger partial charge in [-0.2, -0.15) is 0 Å². The van der Waals surface area contributed by atoms with E-state index in [2.05, 4.69) is 15.9 Å². The molecule has 13 heteroatoms. The lowest BCUT2D eigenvalue weighted by atomic mass is 9.97. The van der Waals surface area contributed by atoms with Crippen molar-refractivity contribution in [1.29, 1.82) is 0 Å². The van der Waals surface area contributed by atoms with Crippen LogP contribution < -0.4 is 0 Å². The first kappa shape index (κ1) is 22.8. The molecule has 27 heavy (non-hydrogen) atoms. The van der Waals surface area contributed by atoms with Crippen LogP contribution in [0.2, 0.25) is 0 Å². The van der Waals surface area contributed by atoms with E-state index in [4.69, 9.17) is 18.9 Å². The van der Waals surface area contributed by atoms with Gasteiger partial charge >= 0.3 is 5.97 Å². The van der Waals surface area contributed by atoms with Crippen molar-refractivity contribution in [2.75, 3.05) is 6.61 Å². The number of hydrogen-bond acceptors (Lipinski definition) is 12. The van der Waals surface area contributed by atoms with Crippen LogP contribution in [0.5, 0.6) is 0 Å². The molecule has 2 aliphatic rings. The maximum Gasteiger partial charge on any atom is 0.303 e. The van der Waals surface area contributed by atoms with E-state index in [0.29, 0.717) is 0 Å². The van der Waals surface area contributed by atoms with Gasteiger partial charge in [-0.15, -0.1) is 0 Å². The molecule has 0 aromatic rings. The van der Waals surface area contributed by atoms with Crippen LogP contribution in [0.15, 0.2) is 0 Å². The number of carbonyl (C=O) groups excluding carboxylic acids is 1. The number of esters is 1. The zero-order valence-corrected chi connectivity index (χ0v) is 15.7. The molecule has 0 amide bonds. The molecule has 0 bridgehead atoms. The number of ether oxygens (including phenoxy) is 4. The van der Waals surface area contributed by atoms with Crippen LogP contribution in [0.1, 0.15) is 6.92 Å². The second kappa shape index (κ2) is 9.37. The highest BCUT2D eigenvalue weighted by Gasteiger charge is 2.51. The van der Waals surface area contributed by atoms with Crippen molar-refractivity contribution in [2.24, 2.45) is 0 Å². The van der Waals surface area contributed by atoms with Gasteiger partial charge in [0.1, 0.15) is 48.8 Å². The summed E-state index contributed by atoms with van der Waals surface area (Å²) in [5, 5.41) is 67.6. The summed E-state index contributed by atoms with van der Waals surface area (Å²) in [7, 11) is 0. The van der Waals surface area contributed by atoms with Crippen molar-refractivity contribution in [3.63, 3.8) is 0 Å². The molecule has 0 aromatic carbocycles. The topological polar surface area (TPSA) is 196 Å². The third kappa shape index (κ3) is 4.94.